The minimum atomic E-state index is 0.483. The normalized spacial score (nSPS) is 27.9. The molecule has 0 radical (unpaired) electrons. The summed E-state index contributed by atoms with van der Waals surface area (Å²) in [5.74, 6) is 1.84. The van der Waals surface area contributed by atoms with Gasteiger partial charge in [-0.15, -0.1) is 0 Å². The van der Waals surface area contributed by atoms with Crippen LogP contribution in [0.3, 0.4) is 0 Å². The fourth-order valence-electron chi connectivity index (χ4n) is 2.90. The lowest BCUT2D eigenvalue weighted by atomic mass is 9.87. The van der Waals surface area contributed by atoms with Gasteiger partial charge in [0.15, 0.2) is 0 Å². The lowest BCUT2D eigenvalue weighted by molar-refractivity contribution is 0.369. The number of hydrogen-bond donors (Lipinski definition) is 2. The summed E-state index contributed by atoms with van der Waals surface area (Å²) in [6.45, 7) is 4.53. The van der Waals surface area contributed by atoms with E-state index in [1.54, 1.807) is 6.20 Å². The van der Waals surface area contributed by atoms with Gasteiger partial charge in [-0.25, -0.2) is 4.98 Å². The van der Waals surface area contributed by atoms with Crippen LogP contribution in [0.15, 0.2) is 12.4 Å². The zero-order valence-corrected chi connectivity index (χ0v) is 10.2. The zero-order chi connectivity index (χ0) is 11.7. The smallest absolute Gasteiger partial charge is 0.149 e. The molecule has 5 heteroatoms. The molecule has 2 N–H and O–H groups in total. The number of anilines is 2. The highest BCUT2D eigenvalue weighted by Crippen LogP contribution is 2.37. The molecular weight excluding hydrogens is 214 g/mol. The molecule has 92 valence electrons. The van der Waals surface area contributed by atoms with Gasteiger partial charge in [-0.05, 0) is 19.4 Å². The molecule has 2 aliphatic rings. The summed E-state index contributed by atoms with van der Waals surface area (Å²) in [4.78, 5) is 11.2. The Morgan fingerprint density at radius 1 is 1.41 bits per heavy atom. The van der Waals surface area contributed by atoms with Crippen LogP contribution in [-0.4, -0.2) is 43.2 Å². The first kappa shape index (κ1) is 10.8. The number of hydrogen-bond acceptors (Lipinski definition) is 5. The van der Waals surface area contributed by atoms with Crippen LogP contribution in [0.2, 0.25) is 0 Å². The molecule has 0 bridgehead atoms. The first-order chi connectivity index (χ1) is 8.31. The van der Waals surface area contributed by atoms with Gasteiger partial charge < -0.3 is 15.5 Å². The van der Waals surface area contributed by atoms with Gasteiger partial charge in [-0.1, -0.05) is 0 Å². The van der Waals surface area contributed by atoms with Crippen molar-refractivity contribution in [2.75, 3.05) is 43.4 Å². The fourth-order valence-corrected chi connectivity index (χ4v) is 2.90. The highest BCUT2D eigenvalue weighted by molar-refractivity contribution is 5.44. The maximum atomic E-state index is 4.56. The average molecular weight is 233 g/mol. The summed E-state index contributed by atoms with van der Waals surface area (Å²) in [5, 5.41) is 6.51. The third-order valence-corrected chi connectivity index (χ3v) is 3.97. The molecule has 1 atom stereocenters. The monoisotopic (exact) mass is 233 g/mol. The number of nitrogens with one attached hydrogen (secondary N) is 2. The molecule has 17 heavy (non-hydrogen) atoms. The molecule has 0 saturated carbocycles. The molecule has 2 saturated heterocycles. The largest absolute Gasteiger partial charge is 0.372 e. The quantitative estimate of drug-likeness (QED) is 0.788. The SMILES string of the molecule is CNc1cncc(N2CCC3(CCNC3)C2)n1. The van der Waals surface area contributed by atoms with Crippen LogP contribution in [0.25, 0.3) is 0 Å². The van der Waals surface area contributed by atoms with Crippen LogP contribution in [0.1, 0.15) is 12.8 Å². The van der Waals surface area contributed by atoms with Crippen molar-refractivity contribution in [3.63, 3.8) is 0 Å². The van der Waals surface area contributed by atoms with Crippen molar-refractivity contribution in [2.45, 2.75) is 12.8 Å². The van der Waals surface area contributed by atoms with Gasteiger partial charge in [0.2, 0.25) is 0 Å². The molecule has 1 aromatic heterocycles. The molecule has 5 nitrogen and oxygen atoms in total. The van der Waals surface area contributed by atoms with E-state index in [2.05, 4.69) is 25.5 Å². The van der Waals surface area contributed by atoms with E-state index in [1.165, 1.54) is 12.8 Å². The number of nitrogens with zero attached hydrogens (tertiary/aromatic N) is 3. The summed E-state index contributed by atoms with van der Waals surface area (Å²) < 4.78 is 0. The topological polar surface area (TPSA) is 53.1 Å². The summed E-state index contributed by atoms with van der Waals surface area (Å²) in [6.07, 6.45) is 6.18. The van der Waals surface area contributed by atoms with Crippen LogP contribution in [0.5, 0.6) is 0 Å². The number of rotatable bonds is 2. The molecule has 3 rings (SSSR count). The van der Waals surface area contributed by atoms with E-state index in [0.29, 0.717) is 5.41 Å². The van der Waals surface area contributed by atoms with E-state index in [0.717, 1.165) is 37.8 Å². The lowest BCUT2D eigenvalue weighted by Crippen LogP contribution is -2.29. The first-order valence-corrected chi connectivity index (χ1v) is 6.27. The van der Waals surface area contributed by atoms with Gasteiger partial charge in [-0.2, -0.15) is 0 Å². The Labute approximate surface area is 102 Å². The van der Waals surface area contributed by atoms with Crippen molar-refractivity contribution in [3.05, 3.63) is 12.4 Å². The maximum absolute atomic E-state index is 4.56. The Hall–Kier alpha value is -1.36. The molecule has 1 unspecified atom stereocenters. The third-order valence-electron chi connectivity index (χ3n) is 3.97. The van der Waals surface area contributed by atoms with Crippen molar-refractivity contribution >= 4 is 11.6 Å². The van der Waals surface area contributed by atoms with E-state index in [4.69, 9.17) is 0 Å². The van der Waals surface area contributed by atoms with Crippen LogP contribution in [0.4, 0.5) is 11.6 Å². The first-order valence-electron chi connectivity index (χ1n) is 6.27. The molecule has 0 aromatic carbocycles. The van der Waals surface area contributed by atoms with Crippen LogP contribution >= 0.6 is 0 Å². The number of aromatic nitrogens is 2. The predicted molar refractivity (Wildman–Crippen MR) is 68.3 cm³/mol. The van der Waals surface area contributed by atoms with Crippen LogP contribution < -0.4 is 15.5 Å². The van der Waals surface area contributed by atoms with E-state index >= 15 is 0 Å². The molecule has 1 aromatic rings. The minimum absolute atomic E-state index is 0.483. The van der Waals surface area contributed by atoms with Crippen LogP contribution in [0, 0.1) is 5.41 Å². The molecule has 2 aliphatic heterocycles. The standard InChI is InChI=1S/C12H19N5/c1-13-10-6-15-7-11(16-10)17-5-3-12(9-17)2-4-14-8-12/h6-7,14H,2-5,8-9H2,1H3,(H,13,16). The van der Waals surface area contributed by atoms with E-state index in [-0.39, 0.29) is 0 Å². The average Bonchev–Trinajstić information content (AvgIpc) is 3.01. The molecule has 2 fully saturated rings. The second kappa shape index (κ2) is 4.14. The summed E-state index contributed by atoms with van der Waals surface area (Å²) >= 11 is 0. The van der Waals surface area contributed by atoms with Gasteiger partial charge in [0, 0.05) is 32.1 Å². The van der Waals surface area contributed by atoms with Crippen molar-refractivity contribution in [1.82, 2.24) is 15.3 Å². The molecule has 1 spiro atoms. The van der Waals surface area contributed by atoms with E-state index < -0.39 is 0 Å². The Morgan fingerprint density at radius 3 is 3.12 bits per heavy atom. The van der Waals surface area contributed by atoms with Crippen molar-refractivity contribution in [2.24, 2.45) is 5.41 Å². The Bertz CT molecular complexity index is 400. The Kier molecular flexibility index (Phi) is 2.63. The van der Waals surface area contributed by atoms with Gasteiger partial charge in [0.1, 0.15) is 11.6 Å². The third kappa shape index (κ3) is 1.95. The Balaban J connectivity index is 1.77. The van der Waals surface area contributed by atoms with Gasteiger partial charge >= 0.3 is 0 Å². The van der Waals surface area contributed by atoms with Crippen molar-refractivity contribution in [3.8, 4) is 0 Å². The molecule has 3 heterocycles. The summed E-state index contributed by atoms with van der Waals surface area (Å²) in [7, 11) is 1.88. The molecule has 0 aliphatic carbocycles. The van der Waals surface area contributed by atoms with Gasteiger partial charge in [0.25, 0.3) is 0 Å². The molecular formula is C12H19N5. The summed E-state index contributed by atoms with van der Waals surface area (Å²) in [6, 6.07) is 0. The van der Waals surface area contributed by atoms with Gasteiger partial charge in [0.05, 0.1) is 12.4 Å². The predicted octanol–water partition coefficient (Wildman–Crippen LogP) is 0.708. The second-order valence-corrected chi connectivity index (χ2v) is 5.11. The van der Waals surface area contributed by atoms with Gasteiger partial charge in [-0.3, -0.25) is 4.98 Å². The minimum Gasteiger partial charge on any atom is -0.372 e. The lowest BCUT2D eigenvalue weighted by Gasteiger charge is -2.23. The molecule has 0 amide bonds. The zero-order valence-electron chi connectivity index (χ0n) is 10.2. The second-order valence-electron chi connectivity index (χ2n) is 5.11. The Morgan fingerprint density at radius 2 is 2.35 bits per heavy atom. The summed E-state index contributed by atoms with van der Waals surface area (Å²) in [5.41, 5.74) is 0.483. The van der Waals surface area contributed by atoms with Crippen LogP contribution in [-0.2, 0) is 0 Å². The van der Waals surface area contributed by atoms with Crippen molar-refractivity contribution < 1.29 is 0 Å². The fraction of sp³-hybridized carbons (Fsp3) is 0.667. The van der Waals surface area contributed by atoms with E-state index in [9.17, 15) is 0 Å². The highest BCUT2D eigenvalue weighted by atomic mass is 15.2. The highest BCUT2D eigenvalue weighted by Gasteiger charge is 2.40. The van der Waals surface area contributed by atoms with Crippen molar-refractivity contribution in [1.29, 1.82) is 0 Å². The van der Waals surface area contributed by atoms with E-state index in [1.807, 2.05) is 13.2 Å². The maximum Gasteiger partial charge on any atom is 0.149 e.